The van der Waals surface area contributed by atoms with Crippen molar-refractivity contribution in [2.45, 2.75) is 6.54 Å². The topological polar surface area (TPSA) is 71.4 Å². The van der Waals surface area contributed by atoms with Crippen molar-refractivity contribution in [3.8, 4) is 0 Å². The van der Waals surface area contributed by atoms with E-state index in [1.807, 2.05) is 59.3 Å². The number of fused-ring (bicyclic) bond motifs is 1. The minimum atomic E-state index is -0.743. The molecular weight excluding hydrogens is 402 g/mol. The molecule has 1 fully saturated rings. The van der Waals surface area contributed by atoms with Crippen LogP contribution in [0.25, 0.3) is 17.0 Å². The number of carbonyl (C=O) groups is 3. The van der Waals surface area contributed by atoms with Gasteiger partial charge in [0.2, 0.25) is 0 Å². The number of amides is 4. The van der Waals surface area contributed by atoms with Gasteiger partial charge in [-0.3, -0.25) is 19.8 Å². The van der Waals surface area contributed by atoms with Gasteiger partial charge in [0.25, 0.3) is 11.8 Å². The molecule has 0 spiro atoms. The van der Waals surface area contributed by atoms with E-state index < -0.39 is 17.8 Å². The fourth-order valence-corrected chi connectivity index (χ4v) is 3.58. The van der Waals surface area contributed by atoms with Gasteiger partial charge in [0.15, 0.2) is 0 Å². The minimum Gasteiger partial charge on any atom is -0.342 e. The van der Waals surface area contributed by atoms with Gasteiger partial charge >= 0.3 is 6.03 Å². The average Bonchev–Trinajstić information content (AvgIpc) is 3.07. The predicted molar refractivity (Wildman–Crippen MR) is 116 cm³/mol. The maximum Gasteiger partial charge on any atom is 0.331 e. The van der Waals surface area contributed by atoms with Crippen LogP contribution in [0, 0.1) is 0 Å². The zero-order valence-electron chi connectivity index (χ0n) is 16.0. The average molecular weight is 420 g/mol. The Kier molecular flexibility index (Phi) is 5.25. The van der Waals surface area contributed by atoms with E-state index in [0.717, 1.165) is 21.4 Å². The van der Waals surface area contributed by atoms with Gasteiger partial charge in [0.1, 0.15) is 5.57 Å². The molecule has 7 heteroatoms. The molecule has 0 aliphatic carbocycles. The zero-order valence-corrected chi connectivity index (χ0v) is 16.7. The summed E-state index contributed by atoms with van der Waals surface area (Å²) in [6.07, 6.45) is 4.85. The van der Waals surface area contributed by atoms with Crippen molar-refractivity contribution in [3.05, 3.63) is 89.1 Å². The van der Waals surface area contributed by atoms with Crippen LogP contribution < -0.4 is 5.32 Å². The molecule has 0 radical (unpaired) electrons. The van der Waals surface area contributed by atoms with Crippen molar-refractivity contribution < 1.29 is 14.4 Å². The normalized spacial score (nSPS) is 15.7. The number of hydrogen-bond donors (Lipinski definition) is 1. The summed E-state index contributed by atoms with van der Waals surface area (Å²) in [5.74, 6) is -1.35. The van der Waals surface area contributed by atoms with E-state index >= 15 is 0 Å². The molecule has 0 atom stereocenters. The van der Waals surface area contributed by atoms with Crippen molar-refractivity contribution in [2.75, 3.05) is 6.54 Å². The highest BCUT2D eigenvalue weighted by atomic mass is 35.5. The van der Waals surface area contributed by atoms with Gasteiger partial charge < -0.3 is 4.57 Å². The summed E-state index contributed by atoms with van der Waals surface area (Å²) in [6.45, 7) is 4.17. The minimum absolute atomic E-state index is 0.0214. The number of halogens is 1. The number of nitrogens with zero attached hydrogens (tertiary/aromatic N) is 2. The van der Waals surface area contributed by atoms with Crippen LogP contribution in [0.5, 0.6) is 0 Å². The number of imide groups is 2. The highest BCUT2D eigenvalue weighted by molar-refractivity contribution is 6.31. The molecule has 150 valence electrons. The van der Waals surface area contributed by atoms with Crippen molar-refractivity contribution in [2.24, 2.45) is 0 Å². The number of carbonyl (C=O) groups excluding carboxylic acids is 3. The number of urea groups is 1. The van der Waals surface area contributed by atoms with E-state index in [1.54, 1.807) is 0 Å². The van der Waals surface area contributed by atoms with Crippen LogP contribution in [-0.4, -0.2) is 33.9 Å². The molecule has 0 bridgehead atoms. The highest BCUT2D eigenvalue weighted by Crippen LogP contribution is 2.26. The maximum absolute atomic E-state index is 12.7. The van der Waals surface area contributed by atoms with E-state index in [2.05, 4.69) is 11.9 Å². The summed E-state index contributed by atoms with van der Waals surface area (Å²) < 4.78 is 2.04. The Hall–Kier alpha value is -3.64. The third-order valence-corrected chi connectivity index (χ3v) is 5.13. The molecule has 0 unspecified atom stereocenters. The molecule has 6 nitrogen and oxygen atoms in total. The first-order valence-electron chi connectivity index (χ1n) is 9.30. The molecule has 2 aromatic carbocycles. The van der Waals surface area contributed by atoms with Gasteiger partial charge in [0, 0.05) is 40.8 Å². The second-order valence-corrected chi connectivity index (χ2v) is 7.31. The van der Waals surface area contributed by atoms with E-state index in [0.29, 0.717) is 17.1 Å². The lowest BCUT2D eigenvalue weighted by Gasteiger charge is -2.25. The summed E-state index contributed by atoms with van der Waals surface area (Å²) >= 11 is 5.98. The van der Waals surface area contributed by atoms with Crippen molar-refractivity contribution in [3.63, 3.8) is 0 Å². The molecule has 4 amide bonds. The molecule has 1 N–H and O–H groups in total. The first-order chi connectivity index (χ1) is 14.5. The Bertz CT molecular complexity index is 1210. The number of aromatic nitrogens is 1. The molecule has 2 heterocycles. The largest absolute Gasteiger partial charge is 0.342 e. The van der Waals surface area contributed by atoms with Crippen molar-refractivity contribution in [1.82, 2.24) is 14.8 Å². The fourth-order valence-electron chi connectivity index (χ4n) is 3.45. The Morgan fingerprint density at radius 1 is 1.03 bits per heavy atom. The van der Waals surface area contributed by atoms with Gasteiger partial charge in [0.05, 0.1) is 0 Å². The van der Waals surface area contributed by atoms with Crippen LogP contribution in [0.1, 0.15) is 11.1 Å². The zero-order chi connectivity index (χ0) is 21.3. The van der Waals surface area contributed by atoms with E-state index in [-0.39, 0.29) is 12.1 Å². The smallest absolute Gasteiger partial charge is 0.331 e. The van der Waals surface area contributed by atoms with Crippen LogP contribution in [0.4, 0.5) is 4.79 Å². The Morgan fingerprint density at radius 2 is 1.77 bits per heavy atom. The molecular formula is C23H18ClN3O3. The molecule has 3 aromatic rings. The molecule has 1 aromatic heterocycles. The van der Waals surface area contributed by atoms with Crippen LogP contribution >= 0.6 is 11.6 Å². The summed E-state index contributed by atoms with van der Waals surface area (Å²) in [4.78, 5) is 37.9. The first kappa shape index (κ1) is 19.7. The van der Waals surface area contributed by atoms with Gasteiger partial charge in [-0.15, -0.1) is 6.58 Å². The quantitative estimate of drug-likeness (QED) is 0.386. The second kappa shape index (κ2) is 8.00. The van der Waals surface area contributed by atoms with Crippen LogP contribution in [0.3, 0.4) is 0 Å². The fraction of sp³-hybridized carbons (Fsp3) is 0.0870. The van der Waals surface area contributed by atoms with Crippen LogP contribution in [-0.2, 0) is 16.1 Å². The second-order valence-electron chi connectivity index (χ2n) is 6.88. The van der Waals surface area contributed by atoms with Crippen LogP contribution in [0.2, 0.25) is 5.02 Å². The van der Waals surface area contributed by atoms with E-state index in [9.17, 15) is 14.4 Å². The van der Waals surface area contributed by atoms with Gasteiger partial charge in [-0.25, -0.2) is 4.79 Å². The summed E-state index contributed by atoms with van der Waals surface area (Å²) in [6, 6.07) is 14.6. The SMILES string of the molecule is C=CCN1C(=O)NC(=O)/C(=C\c2cn(Cc3ccc(Cl)cc3)c3ccccc23)C1=O. The number of rotatable bonds is 5. The molecule has 1 saturated heterocycles. The molecule has 1 aliphatic rings. The first-order valence-corrected chi connectivity index (χ1v) is 9.68. The number of para-hydroxylation sites is 1. The molecule has 30 heavy (non-hydrogen) atoms. The van der Waals surface area contributed by atoms with Crippen molar-refractivity contribution in [1.29, 1.82) is 0 Å². The van der Waals surface area contributed by atoms with E-state index in [4.69, 9.17) is 11.6 Å². The third-order valence-electron chi connectivity index (χ3n) is 4.88. The van der Waals surface area contributed by atoms with Gasteiger partial charge in [-0.2, -0.15) is 0 Å². The Morgan fingerprint density at radius 3 is 2.50 bits per heavy atom. The number of nitrogens with one attached hydrogen (secondary N) is 1. The predicted octanol–water partition coefficient (Wildman–Crippen LogP) is 3.99. The third kappa shape index (κ3) is 3.65. The lowest BCUT2D eigenvalue weighted by atomic mass is 10.1. The molecule has 0 saturated carbocycles. The lowest BCUT2D eigenvalue weighted by Crippen LogP contribution is -2.54. The number of hydrogen-bond acceptors (Lipinski definition) is 3. The van der Waals surface area contributed by atoms with Crippen LogP contribution in [0.15, 0.2) is 73.0 Å². The number of barbiturate groups is 1. The Labute approximate surface area is 178 Å². The Balaban J connectivity index is 1.76. The summed E-state index contributed by atoms with van der Waals surface area (Å²) in [5.41, 5.74) is 2.65. The summed E-state index contributed by atoms with van der Waals surface area (Å²) in [5, 5.41) is 3.77. The maximum atomic E-state index is 12.7. The van der Waals surface area contributed by atoms with Gasteiger partial charge in [-0.05, 0) is 29.8 Å². The molecule has 1 aliphatic heterocycles. The van der Waals surface area contributed by atoms with Gasteiger partial charge in [-0.1, -0.05) is 48.0 Å². The standard InChI is InChI=1S/C23H18ClN3O3/c1-2-11-27-22(29)19(21(28)25-23(27)30)12-16-14-26(20-6-4-3-5-18(16)20)13-15-7-9-17(24)10-8-15/h2-10,12,14H,1,11,13H2,(H,25,28,30)/b19-12+. The van der Waals surface area contributed by atoms with Crippen molar-refractivity contribution >= 4 is 46.4 Å². The van der Waals surface area contributed by atoms with E-state index in [1.165, 1.54) is 12.2 Å². The lowest BCUT2D eigenvalue weighted by molar-refractivity contribution is -0.129. The summed E-state index contributed by atoms with van der Waals surface area (Å²) in [7, 11) is 0. The molecule has 4 rings (SSSR count). The highest BCUT2D eigenvalue weighted by Gasteiger charge is 2.35. The monoisotopic (exact) mass is 419 g/mol. The number of benzene rings is 2.